The fraction of sp³-hybridized carbons (Fsp3) is 0.933. The van der Waals surface area contributed by atoms with E-state index in [1.165, 1.54) is 20.2 Å². The molecule has 7 heteroatoms. The lowest BCUT2D eigenvalue weighted by Gasteiger charge is -2.21. The summed E-state index contributed by atoms with van der Waals surface area (Å²) in [4.78, 5) is 14.8. The molecule has 0 spiro atoms. The standard InChI is InChI=1S/C5H12N2.C5H11NO.C5H10O3/c1-7-4-2-6-3-5-7;1-6-2-4-7-5-3-6;1-4(2)8-5(6)7-3/h6H,2-5H2,1H3;2-5H2,1H3;4H,1-3H3. The third kappa shape index (κ3) is 14.1. The first-order valence-electron chi connectivity index (χ1n) is 7.85. The smallest absolute Gasteiger partial charge is 0.438 e. The predicted molar refractivity (Wildman–Crippen MR) is 87.3 cm³/mol. The summed E-state index contributed by atoms with van der Waals surface area (Å²) < 4.78 is 13.8. The molecule has 2 fully saturated rings. The first-order chi connectivity index (χ1) is 10.5. The predicted octanol–water partition coefficient (Wildman–Crippen LogP) is 0.648. The average molecular weight is 319 g/mol. The van der Waals surface area contributed by atoms with E-state index in [0.29, 0.717) is 0 Å². The Morgan fingerprint density at radius 2 is 1.55 bits per heavy atom. The molecule has 7 nitrogen and oxygen atoms in total. The van der Waals surface area contributed by atoms with Gasteiger partial charge in [0.05, 0.1) is 26.4 Å². The van der Waals surface area contributed by atoms with E-state index in [4.69, 9.17) is 4.74 Å². The summed E-state index contributed by atoms with van der Waals surface area (Å²) in [5, 5.41) is 3.27. The van der Waals surface area contributed by atoms with Crippen LogP contribution >= 0.6 is 0 Å². The number of morpholine rings is 1. The van der Waals surface area contributed by atoms with Crippen LogP contribution in [0.5, 0.6) is 0 Å². The summed E-state index contributed by atoms with van der Waals surface area (Å²) in [5.74, 6) is 0. The summed E-state index contributed by atoms with van der Waals surface area (Å²) in [7, 11) is 5.55. The minimum Gasteiger partial charge on any atom is -0.438 e. The Balaban J connectivity index is 0.000000301. The Morgan fingerprint density at radius 3 is 1.77 bits per heavy atom. The SMILES string of the molecule is CN1CCNCC1.CN1CCOCC1.COC(=O)OC(C)C. The van der Waals surface area contributed by atoms with Gasteiger partial charge in [-0.25, -0.2) is 4.79 Å². The van der Waals surface area contributed by atoms with Crippen LogP contribution in [0.25, 0.3) is 0 Å². The normalized spacial score (nSPS) is 19.4. The van der Waals surface area contributed by atoms with E-state index in [0.717, 1.165) is 39.4 Å². The lowest BCUT2D eigenvalue weighted by atomic mass is 10.4. The van der Waals surface area contributed by atoms with Gasteiger partial charge in [-0.2, -0.15) is 0 Å². The molecule has 22 heavy (non-hydrogen) atoms. The monoisotopic (exact) mass is 319 g/mol. The van der Waals surface area contributed by atoms with Gasteiger partial charge in [0.1, 0.15) is 0 Å². The molecule has 132 valence electrons. The molecule has 0 aromatic carbocycles. The highest BCUT2D eigenvalue weighted by Gasteiger charge is 2.02. The third-order valence-electron chi connectivity index (χ3n) is 3.07. The summed E-state index contributed by atoms with van der Waals surface area (Å²) in [6.45, 7) is 12.3. The van der Waals surface area contributed by atoms with Crippen LogP contribution in [0.15, 0.2) is 0 Å². The van der Waals surface area contributed by atoms with Gasteiger partial charge in [0.15, 0.2) is 0 Å². The Labute approximate surface area is 134 Å². The fourth-order valence-electron chi connectivity index (χ4n) is 1.67. The van der Waals surface area contributed by atoms with Crippen molar-refractivity contribution in [3.8, 4) is 0 Å². The van der Waals surface area contributed by atoms with Gasteiger partial charge in [0.25, 0.3) is 0 Å². The molecule has 0 aromatic rings. The van der Waals surface area contributed by atoms with Crippen LogP contribution in [0, 0.1) is 0 Å². The van der Waals surface area contributed by atoms with Crippen LogP contribution < -0.4 is 5.32 Å². The summed E-state index contributed by atoms with van der Waals surface area (Å²) in [5.41, 5.74) is 0. The minimum atomic E-state index is -0.625. The molecule has 0 aromatic heterocycles. The number of likely N-dealkylation sites (N-methyl/N-ethyl adjacent to an activating group) is 2. The van der Waals surface area contributed by atoms with E-state index in [1.807, 2.05) is 0 Å². The van der Waals surface area contributed by atoms with Gasteiger partial charge in [-0.3, -0.25) is 0 Å². The maximum Gasteiger partial charge on any atom is 0.508 e. The highest BCUT2D eigenvalue weighted by Crippen LogP contribution is 1.90. The number of methoxy groups -OCH3 is 1. The first kappa shape index (κ1) is 21.1. The zero-order valence-electron chi connectivity index (χ0n) is 14.8. The van der Waals surface area contributed by atoms with Crippen LogP contribution in [0.4, 0.5) is 4.79 Å². The molecule has 0 aliphatic carbocycles. The molecule has 2 heterocycles. The second-order valence-electron chi connectivity index (χ2n) is 5.59. The van der Waals surface area contributed by atoms with Gasteiger partial charge in [0.2, 0.25) is 0 Å². The minimum absolute atomic E-state index is 0.0950. The van der Waals surface area contributed by atoms with Crippen molar-refractivity contribution in [2.24, 2.45) is 0 Å². The van der Waals surface area contributed by atoms with Crippen molar-refractivity contribution >= 4 is 6.16 Å². The lowest BCUT2D eigenvalue weighted by molar-refractivity contribution is 0.0495. The van der Waals surface area contributed by atoms with Crippen molar-refractivity contribution in [3.05, 3.63) is 0 Å². The van der Waals surface area contributed by atoms with Crippen LogP contribution in [0.1, 0.15) is 13.8 Å². The fourth-order valence-corrected chi connectivity index (χ4v) is 1.67. The van der Waals surface area contributed by atoms with E-state index < -0.39 is 6.16 Å². The number of rotatable bonds is 1. The molecule has 1 N–H and O–H groups in total. The Morgan fingerprint density at radius 1 is 1.05 bits per heavy atom. The molecular formula is C15H33N3O4. The van der Waals surface area contributed by atoms with Crippen molar-refractivity contribution < 1.29 is 19.0 Å². The number of piperazine rings is 1. The maximum absolute atomic E-state index is 10.2. The molecule has 0 saturated carbocycles. The Bertz CT molecular complexity index is 250. The van der Waals surface area contributed by atoms with Crippen molar-refractivity contribution in [2.75, 3.05) is 73.7 Å². The first-order valence-corrected chi connectivity index (χ1v) is 7.85. The highest BCUT2D eigenvalue weighted by molar-refractivity contribution is 5.59. The second kappa shape index (κ2) is 13.8. The van der Waals surface area contributed by atoms with Crippen LogP contribution in [0.2, 0.25) is 0 Å². The number of carbonyl (C=O) groups is 1. The van der Waals surface area contributed by atoms with Crippen molar-refractivity contribution in [2.45, 2.75) is 20.0 Å². The van der Waals surface area contributed by atoms with E-state index in [1.54, 1.807) is 13.8 Å². The van der Waals surface area contributed by atoms with Crippen LogP contribution in [-0.4, -0.2) is 95.7 Å². The number of nitrogens with zero attached hydrogens (tertiary/aromatic N) is 2. The van der Waals surface area contributed by atoms with E-state index in [-0.39, 0.29) is 6.10 Å². The van der Waals surface area contributed by atoms with Gasteiger partial charge >= 0.3 is 6.16 Å². The van der Waals surface area contributed by atoms with Crippen LogP contribution in [-0.2, 0) is 14.2 Å². The lowest BCUT2D eigenvalue weighted by Crippen LogP contribution is -2.40. The summed E-state index contributed by atoms with van der Waals surface area (Å²) in [6.07, 6.45) is -0.720. The van der Waals surface area contributed by atoms with E-state index in [2.05, 4.69) is 38.7 Å². The molecule has 0 unspecified atom stereocenters. The van der Waals surface area contributed by atoms with Gasteiger partial charge in [-0.05, 0) is 27.9 Å². The Hall–Kier alpha value is -0.890. The Kier molecular flexibility index (Phi) is 13.2. The van der Waals surface area contributed by atoms with Gasteiger partial charge in [0, 0.05) is 39.3 Å². The van der Waals surface area contributed by atoms with Crippen molar-refractivity contribution in [1.82, 2.24) is 15.1 Å². The summed E-state index contributed by atoms with van der Waals surface area (Å²) >= 11 is 0. The highest BCUT2D eigenvalue weighted by atomic mass is 16.7. The quantitative estimate of drug-likeness (QED) is 0.712. The number of carbonyl (C=O) groups excluding carboxylic acids is 1. The topological polar surface area (TPSA) is 63.3 Å². The molecule has 0 radical (unpaired) electrons. The third-order valence-corrected chi connectivity index (χ3v) is 3.07. The van der Waals surface area contributed by atoms with Gasteiger partial charge in [-0.15, -0.1) is 0 Å². The molecule has 0 amide bonds. The van der Waals surface area contributed by atoms with E-state index in [9.17, 15) is 4.79 Å². The molecular weight excluding hydrogens is 286 g/mol. The molecule has 0 atom stereocenters. The second-order valence-corrected chi connectivity index (χ2v) is 5.59. The van der Waals surface area contributed by atoms with Crippen LogP contribution in [0.3, 0.4) is 0 Å². The summed E-state index contributed by atoms with van der Waals surface area (Å²) in [6, 6.07) is 0. The zero-order chi connectivity index (χ0) is 16.8. The molecule has 2 saturated heterocycles. The molecule has 0 bridgehead atoms. The van der Waals surface area contributed by atoms with Gasteiger partial charge < -0.3 is 29.3 Å². The number of ether oxygens (including phenoxy) is 3. The van der Waals surface area contributed by atoms with Crippen molar-refractivity contribution in [1.29, 1.82) is 0 Å². The van der Waals surface area contributed by atoms with E-state index >= 15 is 0 Å². The average Bonchev–Trinajstić information content (AvgIpc) is 2.49. The number of nitrogens with one attached hydrogen (secondary N) is 1. The largest absolute Gasteiger partial charge is 0.508 e. The van der Waals surface area contributed by atoms with Crippen molar-refractivity contribution in [3.63, 3.8) is 0 Å². The molecule has 2 aliphatic heterocycles. The van der Waals surface area contributed by atoms with Gasteiger partial charge in [-0.1, -0.05) is 0 Å². The number of hydrogen-bond acceptors (Lipinski definition) is 7. The number of hydrogen-bond donors (Lipinski definition) is 1. The maximum atomic E-state index is 10.2. The molecule has 2 aliphatic rings. The molecule has 2 rings (SSSR count). The zero-order valence-corrected chi connectivity index (χ0v) is 14.8.